The Morgan fingerprint density at radius 3 is 2.62 bits per heavy atom. The van der Waals surface area contributed by atoms with E-state index in [0.29, 0.717) is 13.0 Å². The summed E-state index contributed by atoms with van der Waals surface area (Å²) in [4.78, 5) is 23.4. The van der Waals surface area contributed by atoms with Crippen molar-refractivity contribution in [1.82, 2.24) is 9.62 Å². The molecule has 0 saturated carbocycles. The number of carbonyl (C=O) groups is 2. The van der Waals surface area contributed by atoms with Crippen molar-refractivity contribution in [3.05, 3.63) is 0 Å². The average Bonchev–Trinajstić information content (AvgIpc) is 2.86. The Kier molecular flexibility index (Phi) is 4.84. The van der Waals surface area contributed by atoms with Crippen LogP contribution in [0.15, 0.2) is 0 Å². The number of piperidine rings is 1. The first-order valence-electron chi connectivity index (χ1n) is 6.88. The Balaban J connectivity index is 2.06. The number of aliphatic carboxylic acids is 1. The number of ether oxygens (including phenoxy) is 1. The van der Waals surface area contributed by atoms with Gasteiger partial charge in [0.2, 0.25) is 15.9 Å². The van der Waals surface area contributed by atoms with Gasteiger partial charge in [0.25, 0.3) is 0 Å². The van der Waals surface area contributed by atoms with Gasteiger partial charge >= 0.3 is 5.97 Å². The fourth-order valence-electron chi connectivity index (χ4n) is 2.78. The van der Waals surface area contributed by atoms with Crippen LogP contribution in [0.25, 0.3) is 0 Å². The lowest BCUT2D eigenvalue weighted by molar-refractivity contribution is -0.142. The molecule has 3 unspecified atom stereocenters. The zero-order valence-corrected chi connectivity index (χ0v) is 12.6. The normalized spacial score (nSPS) is 31.0. The number of amides is 1. The molecule has 0 bridgehead atoms. The monoisotopic (exact) mass is 320 g/mol. The number of hydrogen-bond acceptors (Lipinski definition) is 5. The lowest BCUT2D eigenvalue weighted by atomic mass is 10.0. The van der Waals surface area contributed by atoms with Crippen LogP contribution in [0.4, 0.5) is 0 Å². The number of rotatable bonds is 4. The van der Waals surface area contributed by atoms with E-state index in [1.54, 1.807) is 0 Å². The third-order valence-electron chi connectivity index (χ3n) is 3.91. The van der Waals surface area contributed by atoms with Gasteiger partial charge in [0.1, 0.15) is 12.0 Å². The largest absolute Gasteiger partial charge is 0.481 e. The van der Waals surface area contributed by atoms with Crippen molar-refractivity contribution in [2.75, 3.05) is 26.0 Å². The van der Waals surface area contributed by atoms with Crippen LogP contribution in [0.2, 0.25) is 0 Å². The number of carbonyl (C=O) groups excluding carboxylic acids is 1. The molecule has 0 aromatic carbocycles. The first-order chi connectivity index (χ1) is 9.80. The average molecular weight is 320 g/mol. The predicted octanol–water partition coefficient (Wildman–Crippen LogP) is -0.984. The molecule has 2 rings (SSSR count). The van der Waals surface area contributed by atoms with E-state index < -0.39 is 39.9 Å². The summed E-state index contributed by atoms with van der Waals surface area (Å²) in [7, 11) is -3.46. The van der Waals surface area contributed by atoms with Crippen molar-refractivity contribution in [2.45, 2.75) is 31.3 Å². The molecule has 21 heavy (non-hydrogen) atoms. The summed E-state index contributed by atoms with van der Waals surface area (Å²) in [5, 5.41) is 11.7. The van der Waals surface area contributed by atoms with E-state index in [1.807, 2.05) is 0 Å². The molecule has 2 heterocycles. The summed E-state index contributed by atoms with van der Waals surface area (Å²) in [5.41, 5.74) is 0. The van der Waals surface area contributed by atoms with Gasteiger partial charge in [-0.1, -0.05) is 6.42 Å². The highest BCUT2D eigenvalue weighted by Crippen LogP contribution is 2.21. The molecule has 2 saturated heterocycles. The molecule has 3 atom stereocenters. The van der Waals surface area contributed by atoms with Crippen LogP contribution in [0, 0.1) is 5.92 Å². The fourth-order valence-corrected chi connectivity index (χ4v) is 3.91. The number of carboxylic acids is 1. The number of hydrogen-bond donors (Lipinski definition) is 2. The number of carboxylic acid groups (broad SMARTS) is 1. The van der Waals surface area contributed by atoms with Gasteiger partial charge in [0.15, 0.2) is 0 Å². The molecule has 0 aromatic rings. The summed E-state index contributed by atoms with van der Waals surface area (Å²) in [6, 6.07) is -1.37. The van der Waals surface area contributed by atoms with Crippen molar-refractivity contribution in [3.8, 4) is 0 Å². The van der Waals surface area contributed by atoms with E-state index in [0.717, 1.165) is 19.1 Å². The Hall–Kier alpha value is -1.19. The molecule has 0 spiro atoms. The smallest absolute Gasteiger partial charge is 0.311 e. The molecule has 120 valence electrons. The summed E-state index contributed by atoms with van der Waals surface area (Å²) in [6.07, 6.45) is 3.02. The highest BCUT2D eigenvalue weighted by Gasteiger charge is 2.39. The van der Waals surface area contributed by atoms with E-state index in [4.69, 9.17) is 9.84 Å². The molecular weight excluding hydrogens is 300 g/mol. The van der Waals surface area contributed by atoms with Gasteiger partial charge in [-0.3, -0.25) is 9.59 Å². The van der Waals surface area contributed by atoms with Crippen LogP contribution in [0.3, 0.4) is 0 Å². The minimum atomic E-state index is -3.46. The summed E-state index contributed by atoms with van der Waals surface area (Å²) < 4.78 is 29.8. The van der Waals surface area contributed by atoms with E-state index >= 15 is 0 Å². The van der Waals surface area contributed by atoms with E-state index in [1.165, 1.54) is 4.31 Å². The maximum absolute atomic E-state index is 12.3. The molecule has 2 fully saturated rings. The van der Waals surface area contributed by atoms with Crippen molar-refractivity contribution in [3.63, 3.8) is 0 Å². The molecule has 9 heteroatoms. The third-order valence-corrected chi connectivity index (χ3v) is 5.20. The fraction of sp³-hybridized carbons (Fsp3) is 0.833. The predicted molar refractivity (Wildman–Crippen MR) is 73.1 cm³/mol. The Bertz CT molecular complexity index is 520. The maximum Gasteiger partial charge on any atom is 0.311 e. The molecular formula is C12H20N2O6S. The molecule has 0 aliphatic carbocycles. The second-order valence-corrected chi connectivity index (χ2v) is 7.42. The van der Waals surface area contributed by atoms with E-state index in [2.05, 4.69) is 5.32 Å². The molecule has 8 nitrogen and oxygen atoms in total. The lowest BCUT2D eigenvalue weighted by Crippen LogP contribution is -2.55. The van der Waals surface area contributed by atoms with Crippen LogP contribution in [0.5, 0.6) is 0 Å². The van der Waals surface area contributed by atoms with Crippen LogP contribution in [-0.4, -0.2) is 67.8 Å². The maximum atomic E-state index is 12.3. The highest BCUT2D eigenvalue weighted by atomic mass is 32.2. The molecule has 2 aliphatic rings. The SMILES string of the molecule is CS(=O)(=O)N1CCCCC1C(=O)NC1COCC1C(=O)O. The number of nitrogens with zero attached hydrogens (tertiary/aromatic N) is 1. The topological polar surface area (TPSA) is 113 Å². The van der Waals surface area contributed by atoms with Gasteiger partial charge in [-0.2, -0.15) is 4.31 Å². The van der Waals surface area contributed by atoms with E-state index in [-0.39, 0.29) is 13.2 Å². The minimum Gasteiger partial charge on any atom is -0.481 e. The van der Waals surface area contributed by atoms with Crippen LogP contribution >= 0.6 is 0 Å². The Labute approximate surface area is 123 Å². The van der Waals surface area contributed by atoms with Gasteiger partial charge in [0.05, 0.1) is 25.5 Å². The molecule has 0 radical (unpaired) electrons. The third kappa shape index (κ3) is 3.72. The van der Waals surface area contributed by atoms with Gasteiger partial charge in [-0.05, 0) is 12.8 Å². The summed E-state index contributed by atoms with van der Waals surface area (Å²) >= 11 is 0. The number of sulfonamides is 1. The molecule has 2 aliphatic heterocycles. The quantitative estimate of drug-likeness (QED) is 0.688. The summed E-state index contributed by atoms with van der Waals surface area (Å²) in [6.45, 7) is 0.509. The lowest BCUT2D eigenvalue weighted by Gasteiger charge is -2.33. The molecule has 2 N–H and O–H groups in total. The van der Waals surface area contributed by atoms with Crippen LogP contribution in [-0.2, 0) is 24.3 Å². The van der Waals surface area contributed by atoms with Gasteiger partial charge in [0, 0.05) is 6.54 Å². The first-order valence-corrected chi connectivity index (χ1v) is 8.73. The molecule has 0 aromatic heterocycles. The standard InChI is InChI=1S/C12H20N2O6S/c1-21(18,19)14-5-3-2-4-10(14)11(15)13-9-7-20-6-8(9)12(16)17/h8-10H,2-7H2,1H3,(H,13,15)(H,16,17). The molecule has 1 amide bonds. The van der Waals surface area contributed by atoms with E-state index in [9.17, 15) is 18.0 Å². The number of nitrogens with one attached hydrogen (secondary N) is 1. The Morgan fingerprint density at radius 2 is 2.00 bits per heavy atom. The Morgan fingerprint density at radius 1 is 1.29 bits per heavy atom. The second-order valence-electron chi connectivity index (χ2n) is 5.48. The van der Waals surface area contributed by atoms with Gasteiger partial charge in [-0.25, -0.2) is 8.42 Å². The van der Waals surface area contributed by atoms with Crippen LogP contribution in [0.1, 0.15) is 19.3 Å². The zero-order valence-electron chi connectivity index (χ0n) is 11.8. The van der Waals surface area contributed by atoms with Gasteiger partial charge in [-0.15, -0.1) is 0 Å². The van der Waals surface area contributed by atoms with Crippen molar-refractivity contribution in [2.24, 2.45) is 5.92 Å². The van der Waals surface area contributed by atoms with Crippen molar-refractivity contribution >= 4 is 21.9 Å². The zero-order chi connectivity index (χ0) is 15.6. The first kappa shape index (κ1) is 16.2. The van der Waals surface area contributed by atoms with Gasteiger partial charge < -0.3 is 15.2 Å². The van der Waals surface area contributed by atoms with Crippen LogP contribution < -0.4 is 5.32 Å². The second kappa shape index (κ2) is 6.29. The van der Waals surface area contributed by atoms with Crippen molar-refractivity contribution < 1.29 is 27.9 Å². The van der Waals surface area contributed by atoms with Crippen molar-refractivity contribution in [1.29, 1.82) is 0 Å². The minimum absolute atomic E-state index is 0.0563. The highest BCUT2D eigenvalue weighted by molar-refractivity contribution is 7.88. The summed E-state index contributed by atoms with van der Waals surface area (Å²) in [5.74, 6) is -2.26.